The van der Waals surface area contributed by atoms with Gasteiger partial charge >= 0.3 is 0 Å². The maximum absolute atomic E-state index is 14.5. The van der Waals surface area contributed by atoms with E-state index < -0.39 is 0 Å². The first-order valence-corrected chi connectivity index (χ1v) is 11.4. The maximum Gasteiger partial charge on any atom is 0.202 e. The molecule has 5 rings (SSSR count). The average Bonchev–Trinajstić information content (AvgIpc) is 3.02. The Kier molecular flexibility index (Phi) is 4.94. The van der Waals surface area contributed by atoms with Gasteiger partial charge in [-0.05, 0) is 56.3 Å². The molecule has 0 spiro atoms. The molecule has 0 bridgehead atoms. The summed E-state index contributed by atoms with van der Waals surface area (Å²) in [5, 5.41) is 9.44. The van der Waals surface area contributed by atoms with Crippen LogP contribution in [0, 0.1) is 25.6 Å². The fourth-order valence-electron chi connectivity index (χ4n) is 4.80. The number of aromatic nitrogens is 4. The molecule has 1 aliphatic heterocycles. The lowest BCUT2D eigenvalue weighted by Crippen LogP contribution is -2.28. The molecule has 2 atom stereocenters. The summed E-state index contributed by atoms with van der Waals surface area (Å²) < 4.78 is 21.9. The molecule has 0 radical (unpaired) electrons. The molecule has 158 valence electrons. The topological polar surface area (TPSA) is 60.0 Å². The number of benzene rings is 1. The van der Waals surface area contributed by atoms with Crippen LogP contribution in [0.4, 0.5) is 4.39 Å². The monoisotopic (exact) mass is 427 g/mol. The van der Waals surface area contributed by atoms with Crippen molar-refractivity contribution in [3.05, 3.63) is 47.2 Å². The average molecular weight is 428 g/mol. The Morgan fingerprint density at radius 1 is 1.30 bits per heavy atom. The zero-order valence-corrected chi connectivity index (χ0v) is 18.4. The van der Waals surface area contributed by atoms with E-state index in [1.54, 1.807) is 17.8 Å². The van der Waals surface area contributed by atoms with Crippen LogP contribution < -0.4 is 0 Å². The molecule has 30 heavy (non-hydrogen) atoms. The summed E-state index contributed by atoms with van der Waals surface area (Å²) >= 11 is 1.71. The van der Waals surface area contributed by atoms with Gasteiger partial charge in [0.05, 0.1) is 5.69 Å². The Hall–Kier alpha value is -2.19. The van der Waals surface area contributed by atoms with E-state index in [-0.39, 0.29) is 11.2 Å². The van der Waals surface area contributed by atoms with Crippen molar-refractivity contribution in [3.63, 3.8) is 0 Å². The Morgan fingerprint density at radius 2 is 2.17 bits per heavy atom. The molecule has 0 amide bonds. The Labute approximate surface area is 179 Å². The van der Waals surface area contributed by atoms with Crippen LogP contribution in [-0.2, 0) is 12.5 Å². The Morgan fingerprint density at radius 3 is 2.93 bits per heavy atom. The first kappa shape index (κ1) is 19.8. The van der Waals surface area contributed by atoms with Crippen molar-refractivity contribution in [3.8, 4) is 11.6 Å². The zero-order valence-electron chi connectivity index (χ0n) is 17.6. The lowest BCUT2D eigenvalue weighted by Gasteiger charge is -2.21. The van der Waals surface area contributed by atoms with E-state index in [9.17, 15) is 4.39 Å². The number of hydrogen-bond donors (Lipinski definition) is 0. The van der Waals surface area contributed by atoms with Crippen molar-refractivity contribution in [2.45, 2.75) is 37.3 Å². The number of thioether (sulfide) groups is 1. The van der Waals surface area contributed by atoms with Gasteiger partial charge in [0, 0.05) is 31.3 Å². The largest absolute Gasteiger partial charge is 0.440 e. The second-order valence-electron chi connectivity index (χ2n) is 8.61. The third kappa shape index (κ3) is 3.36. The van der Waals surface area contributed by atoms with E-state index in [1.165, 1.54) is 6.39 Å². The molecule has 2 aliphatic rings. The van der Waals surface area contributed by atoms with Gasteiger partial charge in [0.15, 0.2) is 17.3 Å². The first-order chi connectivity index (χ1) is 14.5. The first-order valence-electron chi connectivity index (χ1n) is 10.4. The minimum atomic E-state index is -0.0324. The SMILES string of the molecule is Cc1ccc([C@]23C[C@H]2CN(CCCSc2nnc(-c4ocnc4C)n2C)C3)c(F)c1. The number of piperidine rings is 1. The summed E-state index contributed by atoms with van der Waals surface area (Å²) in [4.78, 5) is 6.62. The second-order valence-corrected chi connectivity index (χ2v) is 9.67. The number of likely N-dealkylation sites (tertiary alicyclic amines) is 1. The predicted molar refractivity (Wildman–Crippen MR) is 114 cm³/mol. The summed E-state index contributed by atoms with van der Waals surface area (Å²) in [6.45, 7) is 6.93. The Bertz CT molecular complexity index is 1080. The molecule has 0 unspecified atom stereocenters. The number of oxazole rings is 1. The molecule has 1 saturated carbocycles. The summed E-state index contributed by atoms with van der Waals surface area (Å²) in [6.07, 6.45) is 3.62. The highest BCUT2D eigenvalue weighted by molar-refractivity contribution is 7.99. The van der Waals surface area contributed by atoms with Gasteiger partial charge in [0.25, 0.3) is 0 Å². The van der Waals surface area contributed by atoms with Crippen molar-refractivity contribution in [2.24, 2.45) is 13.0 Å². The van der Waals surface area contributed by atoms with Gasteiger partial charge in [-0.1, -0.05) is 23.9 Å². The van der Waals surface area contributed by atoms with Gasteiger partial charge in [0.2, 0.25) is 5.82 Å². The van der Waals surface area contributed by atoms with Gasteiger partial charge in [-0.15, -0.1) is 10.2 Å². The third-order valence-corrected chi connectivity index (χ3v) is 7.62. The second kappa shape index (κ2) is 7.50. The van der Waals surface area contributed by atoms with Crippen molar-refractivity contribution in [1.82, 2.24) is 24.6 Å². The van der Waals surface area contributed by atoms with Crippen molar-refractivity contribution >= 4 is 11.8 Å². The lowest BCUT2D eigenvalue weighted by molar-refractivity contribution is 0.298. The summed E-state index contributed by atoms with van der Waals surface area (Å²) in [5.74, 6) is 2.91. The van der Waals surface area contributed by atoms with Crippen LogP contribution in [0.25, 0.3) is 11.6 Å². The smallest absolute Gasteiger partial charge is 0.202 e. The minimum Gasteiger partial charge on any atom is -0.440 e. The molecule has 3 aromatic rings. The summed E-state index contributed by atoms with van der Waals surface area (Å²) in [6, 6.07) is 5.72. The fourth-order valence-corrected chi connectivity index (χ4v) is 5.64. The lowest BCUT2D eigenvalue weighted by atomic mass is 9.93. The highest BCUT2D eigenvalue weighted by Gasteiger charge is 2.61. The third-order valence-electron chi connectivity index (χ3n) is 6.51. The maximum atomic E-state index is 14.5. The van der Waals surface area contributed by atoms with Crippen LogP contribution in [0.15, 0.2) is 34.2 Å². The zero-order chi connectivity index (χ0) is 20.9. The van der Waals surface area contributed by atoms with Gasteiger partial charge in [-0.3, -0.25) is 0 Å². The molecule has 1 aliphatic carbocycles. The summed E-state index contributed by atoms with van der Waals surface area (Å²) in [7, 11) is 1.95. The van der Waals surface area contributed by atoms with Crippen molar-refractivity contribution < 1.29 is 8.81 Å². The molecule has 1 saturated heterocycles. The number of aryl methyl sites for hydroxylation is 2. The number of hydrogen-bond acceptors (Lipinski definition) is 6. The fraction of sp³-hybridized carbons (Fsp3) is 0.500. The normalized spacial score (nSPS) is 23.1. The van der Waals surface area contributed by atoms with Crippen LogP contribution in [-0.4, -0.2) is 50.0 Å². The van der Waals surface area contributed by atoms with Gasteiger partial charge < -0.3 is 13.9 Å². The van der Waals surface area contributed by atoms with Crippen LogP contribution in [0.3, 0.4) is 0 Å². The van der Waals surface area contributed by atoms with E-state index in [4.69, 9.17) is 4.42 Å². The van der Waals surface area contributed by atoms with Crippen LogP contribution in [0.1, 0.15) is 29.7 Å². The molecule has 0 N–H and O–H groups in total. The highest BCUT2D eigenvalue weighted by atomic mass is 32.2. The van der Waals surface area contributed by atoms with Crippen LogP contribution in [0.5, 0.6) is 0 Å². The molecular weight excluding hydrogens is 401 g/mol. The quantitative estimate of drug-likeness (QED) is 0.420. The number of nitrogens with zero attached hydrogens (tertiary/aromatic N) is 5. The number of fused-ring (bicyclic) bond motifs is 1. The van der Waals surface area contributed by atoms with Crippen LogP contribution >= 0.6 is 11.8 Å². The Balaban J connectivity index is 1.14. The molecule has 2 fully saturated rings. The highest BCUT2D eigenvalue weighted by Crippen LogP contribution is 2.59. The molecule has 3 heterocycles. The molecule has 6 nitrogen and oxygen atoms in total. The van der Waals surface area contributed by atoms with Gasteiger partial charge in [-0.2, -0.15) is 0 Å². The van der Waals surface area contributed by atoms with E-state index in [0.717, 1.165) is 60.2 Å². The molecule has 2 aromatic heterocycles. The number of rotatable bonds is 7. The van der Waals surface area contributed by atoms with Crippen LogP contribution in [0.2, 0.25) is 0 Å². The standard InChI is InChI=1S/C22H26FN5OS/c1-14-5-6-17(18(23)9-14)22-10-16(22)11-28(12-22)7-4-8-30-21-26-25-20(27(21)3)19-15(2)24-13-29-19/h5-6,9,13,16H,4,7-8,10-12H2,1-3H3/t16-,22-/m0/s1. The van der Waals surface area contributed by atoms with Gasteiger partial charge in [-0.25, -0.2) is 9.37 Å². The predicted octanol–water partition coefficient (Wildman–Crippen LogP) is 3.98. The van der Waals surface area contributed by atoms with E-state index in [0.29, 0.717) is 17.5 Å². The van der Waals surface area contributed by atoms with E-state index in [1.807, 2.05) is 37.6 Å². The minimum absolute atomic E-state index is 0.0324. The van der Waals surface area contributed by atoms with Crippen molar-refractivity contribution in [1.29, 1.82) is 0 Å². The van der Waals surface area contributed by atoms with Gasteiger partial charge in [0.1, 0.15) is 5.82 Å². The number of halogens is 1. The molecular formula is C22H26FN5OS. The van der Waals surface area contributed by atoms with E-state index in [2.05, 4.69) is 20.1 Å². The van der Waals surface area contributed by atoms with E-state index >= 15 is 0 Å². The molecule has 8 heteroatoms. The summed E-state index contributed by atoms with van der Waals surface area (Å²) in [5.41, 5.74) is 2.78. The molecule has 1 aromatic carbocycles. The van der Waals surface area contributed by atoms with Crippen molar-refractivity contribution in [2.75, 3.05) is 25.4 Å².